The maximum Gasteiger partial charge on any atom is 0.449 e. The number of imidazole rings is 1. The second-order valence-electron chi connectivity index (χ2n) is 8.30. The van der Waals surface area contributed by atoms with E-state index in [1.54, 1.807) is 0 Å². The minimum atomic E-state index is -4.58. The van der Waals surface area contributed by atoms with Gasteiger partial charge in [0.15, 0.2) is 0 Å². The quantitative estimate of drug-likeness (QED) is 0.692. The van der Waals surface area contributed by atoms with Crippen LogP contribution in [0, 0.1) is 17.6 Å². The fourth-order valence-corrected chi connectivity index (χ4v) is 3.84. The van der Waals surface area contributed by atoms with Gasteiger partial charge in [-0.3, -0.25) is 4.79 Å². The molecule has 0 radical (unpaired) electrons. The van der Waals surface area contributed by atoms with Gasteiger partial charge in [0.25, 0.3) is 0 Å². The van der Waals surface area contributed by atoms with Crippen molar-refractivity contribution in [2.45, 2.75) is 58.4 Å². The average Bonchev–Trinajstić information content (AvgIpc) is 3.02. The molecule has 2 heterocycles. The van der Waals surface area contributed by atoms with Crippen LogP contribution in [0.4, 0.5) is 22.0 Å². The third-order valence-corrected chi connectivity index (χ3v) is 5.20. The Kier molecular flexibility index (Phi) is 6.68. The lowest BCUT2D eigenvalue weighted by Crippen LogP contribution is -2.40. The second-order valence-corrected chi connectivity index (χ2v) is 8.30. The molecule has 1 amide bonds. The molecule has 2 aromatic rings. The molecule has 1 aliphatic heterocycles. The van der Waals surface area contributed by atoms with Crippen molar-refractivity contribution in [3.05, 3.63) is 52.6 Å². The maximum absolute atomic E-state index is 13.8. The standard InChI is InChI=1S/C21H25F5N4O/c1-12(2)10-30-18-5-6-29(11-17(18)28-20(30)21(24,25)26)19(31)9-15(27)8-13-7-14(22)3-4-16(13)23/h3-4,7,12,15H,5-6,8-11,27H2,1-2H3/t15-/m1/s1. The van der Waals surface area contributed by atoms with E-state index in [1.807, 2.05) is 13.8 Å². The van der Waals surface area contributed by atoms with Gasteiger partial charge in [-0.15, -0.1) is 0 Å². The molecule has 0 fully saturated rings. The molecule has 1 aromatic carbocycles. The zero-order chi connectivity index (χ0) is 22.9. The van der Waals surface area contributed by atoms with Crippen LogP contribution in [0.5, 0.6) is 0 Å². The third kappa shape index (κ3) is 5.41. The van der Waals surface area contributed by atoms with Crippen LogP contribution in [0.2, 0.25) is 0 Å². The summed E-state index contributed by atoms with van der Waals surface area (Å²) in [5.41, 5.74) is 6.76. The van der Waals surface area contributed by atoms with Crippen molar-refractivity contribution in [2.75, 3.05) is 6.54 Å². The monoisotopic (exact) mass is 444 g/mol. The molecule has 1 aromatic heterocycles. The Hall–Kier alpha value is -2.49. The van der Waals surface area contributed by atoms with E-state index in [0.29, 0.717) is 5.69 Å². The lowest BCUT2D eigenvalue weighted by Gasteiger charge is -2.28. The molecule has 31 heavy (non-hydrogen) atoms. The van der Waals surface area contributed by atoms with E-state index in [-0.39, 0.29) is 62.0 Å². The molecule has 0 saturated heterocycles. The highest BCUT2D eigenvalue weighted by Gasteiger charge is 2.40. The molecule has 0 unspecified atom stereocenters. The lowest BCUT2D eigenvalue weighted by atomic mass is 10.0. The number of halogens is 5. The predicted molar refractivity (Wildman–Crippen MR) is 104 cm³/mol. The van der Waals surface area contributed by atoms with Crippen LogP contribution in [0.25, 0.3) is 0 Å². The SMILES string of the molecule is CC(C)Cn1c(C(F)(F)F)nc2c1CCN(C(=O)C[C@H](N)Cc1cc(F)ccc1F)C2. The number of nitrogens with zero attached hydrogens (tertiary/aromatic N) is 3. The maximum atomic E-state index is 13.8. The number of fused-ring (bicyclic) bond motifs is 1. The lowest BCUT2D eigenvalue weighted by molar-refractivity contribution is -0.147. The minimum Gasteiger partial charge on any atom is -0.336 e. The summed E-state index contributed by atoms with van der Waals surface area (Å²) < 4.78 is 68.6. The van der Waals surface area contributed by atoms with Crippen LogP contribution in [0.3, 0.4) is 0 Å². The first kappa shape index (κ1) is 23.2. The number of carbonyl (C=O) groups is 1. The van der Waals surface area contributed by atoms with Gasteiger partial charge in [-0.25, -0.2) is 13.8 Å². The molecule has 0 saturated carbocycles. The number of carbonyl (C=O) groups excluding carboxylic acids is 1. The summed E-state index contributed by atoms with van der Waals surface area (Å²) in [6.45, 7) is 4.05. The van der Waals surface area contributed by atoms with E-state index in [2.05, 4.69) is 4.98 Å². The number of rotatable bonds is 6. The Labute approximate surface area is 177 Å². The molecule has 5 nitrogen and oxygen atoms in total. The van der Waals surface area contributed by atoms with E-state index in [9.17, 15) is 26.7 Å². The average molecular weight is 444 g/mol. The molecule has 170 valence electrons. The summed E-state index contributed by atoms with van der Waals surface area (Å²) in [5, 5.41) is 0. The van der Waals surface area contributed by atoms with E-state index in [0.717, 1.165) is 18.2 Å². The fraction of sp³-hybridized carbons (Fsp3) is 0.524. The molecule has 1 atom stereocenters. The number of amides is 1. The third-order valence-electron chi connectivity index (χ3n) is 5.20. The Balaban J connectivity index is 1.70. The van der Waals surface area contributed by atoms with Crippen molar-refractivity contribution in [1.29, 1.82) is 0 Å². The summed E-state index contributed by atoms with van der Waals surface area (Å²) in [4.78, 5) is 17.9. The van der Waals surface area contributed by atoms with Crippen molar-refractivity contribution >= 4 is 5.91 Å². The van der Waals surface area contributed by atoms with E-state index >= 15 is 0 Å². The first-order valence-corrected chi connectivity index (χ1v) is 10.1. The normalized spacial score (nSPS) is 15.3. The van der Waals surface area contributed by atoms with E-state index in [4.69, 9.17) is 5.73 Å². The number of hydrogen-bond donors (Lipinski definition) is 1. The topological polar surface area (TPSA) is 64.2 Å². The highest BCUT2D eigenvalue weighted by molar-refractivity contribution is 5.77. The fourth-order valence-electron chi connectivity index (χ4n) is 3.84. The van der Waals surface area contributed by atoms with E-state index < -0.39 is 29.7 Å². The first-order valence-electron chi connectivity index (χ1n) is 10.1. The van der Waals surface area contributed by atoms with Crippen molar-refractivity contribution in [3.8, 4) is 0 Å². The highest BCUT2D eigenvalue weighted by Crippen LogP contribution is 2.33. The Morgan fingerprint density at radius 3 is 2.61 bits per heavy atom. The van der Waals surface area contributed by atoms with Crippen molar-refractivity contribution in [1.82, 2.24) is 14.5 Å². The van der Waals surface area contributed by atoms with Gasteiger partial charge in [-0.2, -0.15) is 13.2 Å². The molecule has 1 aliphatic rings. The number of nitrogens with two attached hydrogens (primary N) is 1. The van der Waals surface area contributed by atoms with Gasteiger partial charge >= 0.3 is 6.18 Å². The minimum absolute atomic E-state index is 0.000258. The zero-order valence-electron chi connectivity index (χ0n) is 17.3. The molecule has 10 heteroatoms. The van der Waals surface area contributed by atoms with Crippen molar-refractivity contribution in [3.63, 3.8) is 0 Å². The summed E-state index contributed by atoms with van der Waals surface area (Å²) in [7, 11) is 0. The van der Waals surface area contributed by atoms with Gasteiger partial charge in [0.1, 0.15) is 11.6 Å². The summed E-state index contributed by atoms with van der Waals surface area (Å²) in [5.74, 6) is -2.51. The van der Waals surface area contributed by atoms with Crippen LogP contribution >= 0.6 is 0 Å². The van der Waals surface area contributed by atoms with Gasteiger partial charge in [0, 0.05) is 37.7 Å². The van der Waals surface area contributed by atoms with Gasteiger partial charge in [0.2, 0.25) is 11.7 Å². The van der Waals surface area contributed by atoms with Crippen LogP contribution in [0.15, 0.2) is 18.2 Å². The van der Waals surface area contributed by atoms with Crippen LogP contribution in [-0.2, 0) is 36.9 Å². The molecular weight excluding hydrogens is 419 g/mol. The van der Waals surface area contributed by atoms with E-state index in [1.165, 1.54) is 9.47 Å². The smallest absolute Gasteiger partial charge is 0.336 e. The number of alkyl halides is 3. The van der Waals surface area contributed by atoms with Crippen LogP contribution in [0.1, 0.15) is 43.0 Å². The van der Waals surface area contributed by atoms with Crippen LogP contribution in [-0.4, -0.2) is 32.9 Å². The Morgan fingerprint density at radius 2 is 1.97 bits per heavy atom. The van der Waals surface area contributed by atoms with Gasteiger partial charge < -0.3 is 15.2 Å². The number of aromatic nitrogens is 2. The molecule has 0 bridgehead atoms. The van der Waals surface area contributed by atoms with Crippen LogP contribution < -0.4 is 5.73 Å². The van der Waals surface area contributed by atoms with Gasteiger partial charge in [0.05, 0.1) is 12.2 Å². The largest absolute Gasteiger partial charge is 0.449 e. The Bertz CT molecular complexity index is 954. The molecule has 0 spiro atoms. The Morgan fingerprint density at radius 1 is 1.26 bits per heavy atom. The summed E-state index contributed by atoms with van der Waals surface area (Å²) in [6, 6.07) is 2.27. The molecule has 2 N–H and O–H groups in total. The predicted octanol–water partition coefficient (Wildman–Crippen LogP) is 3.68. The second kappa shape index (κ2) is 8.94. The molecule has 0 aliphatic carbocycles. The van der Waals surface area contributed by atoms with Crippen molar-refractivity contribution < 1.29 is 26.7 Å². The number of hydrogen-bond acceptors (Lipinski definition) is 3. The number of benzene rings is 1. The molecular formula is C21H25F5N4O. The highest BCUT2D eigenvalue weighted by atomic mass is 19.4. The molecule has 3 rings (SSSR count). The van der Waals surface area contributed by atoms with Gasteiger partial charge in [-0.1, -0.05) is 13.8 Å². The zero-order valence-corrected chi connectivity index (χ0v) is 17.3. The summed E-state index contributed by atoms with van der Waals surface area (Å²) >= 11 is 0. The van der Waals surface area contributed by atoms with Gasteiger partial charge in [-0.05, 0) is 36.1 Å². The first-order chi connectivity index (χ1) is 14.5. The van der Waals surface area contributed by atoms with Crippen molar-refractivity contribution in [2.24, 2.45) is 11.7 Å². The summed E-state index contributed by atoms with van der Waals surface area (Å²) in [6.07, 6.45) is -4.50.